The third kappa shape index (κ3) is 6.59. The fourth-order valence-electron chi connectivity index (χ4n) is 1.60. The van der Waals surface area contributed by atoms with Gasteiger partial charge in [0.25, 0.3) is 5.91 Å². The Morgan fingerprint density at radius 2 is 1.86 bits per heavy atom. The second kappa shape index (κ2) is 9.56. The number of carbonyl (C=O) groups excluding carboxylic acids is 2. The zero-order chi connectivity index (χ0) is 15.5. The molecule has 0 saturated heterocycles. The summed E-state index contributed by atoms with van der Waals surface area (Å²) in [5, 5.41) is 5.47. The van der Waals surface area contributed by atoms with Crippen LogP contribution in [0.3, 0.4) is 0 Å². The summed E-state index contributed by atoms with van der Waals surface area (Å²) < 4.78 is 0. The van der Waals surface area contributed by atoms with Gasteiger partial charge in [-0.3, -0.25) is 9.59 Å². The Hall–Kier alpha value is -2.32. The average Bonchev–Trinajstić information content (AvgIpc) is 2.51. The minimum absolute atomic E-state index is 0.0513. The van der Waals surface area contributed by atoms with E-state index in [2.05, 4.69) is 22.5 Å². The van der Waals surface area contributed by atoms with E-state index in [1.54, 1.807) is 24.3 Å². The zero-order valence-corrected chi connectivity index (χ0v) is 12.2. The predicted octanol–water partition coefficient (Wildman–Crippen LogP) is 0.643. The lowest BCUT2D eigenvalue weighted by Crippen LogP contribution is -2.31. The van der Waals surface area contributed by atoms with Gasteiger partial charge in [0.05, 0.1) is 6.54 Å². The number of nitrogens with two attached hydrogens (primary N) is 1. The van der Waals surface area contributed by atoms with Crippen LogP contribution in [0.25, 0.3) is 0 Å². The number of rotatable bonds is 6. The van der Waals surface area contributed by atoms with Crippen molar-refractivity contribution in [3.8, 4) is 11.8 Å². The quantitative estimate of drug-likeness (QED) is 0.671. The molecule has 1 rings (SSSR count). The zero-order valence-electron chi connectivity index (χ0n) is 12.2. The summed E-state index contributed by atoms with van der Waals surface area (Å²) in [7, 11) is 0. The van der Waals surface area contributed by atoms with Crippen molar-refractivity contribution in [2.45, 2.75) is 19.8 Å². The molecule has 1 aromatic carbocycles. The molecule has 21 heavy (non-hydrogen) atoms. The third-order valence-corrected chi connectivity index (χ3v) is 2.69. The van der Waals surface area contributed by atoms with E-state index in [0.717, 1.165) is 12.0 Å². The van der Waals surface area contributed by atoms with Crippen LogP contribution in [0.4, 0.5) is 0 Å². The lowest BCUT2D eigenvalue weighted by atomic mass is 10.1. The first-order chi connectivity index (χ1) is 10.2. The molecular formula is C16H21N3O2. The highest BCUT2D eigenvalue weighted by Gasteiger charge is 2.06. The average molecular weight is 287 g/mol. The monoisotopic (exact) mass is 287 g/mol. The van der Waals surface area contributed by atoms with Crippen LogP contribution in [-0.4, -0.2) is 31.4 Å². The van der Waals surface area contributed by atoms with Crippen molar-refractivity contribution < 1.29 is 9.59 Å². The highest BCUT2D eigenvalue weighted by molar-refractivity contribution is 5.94. The number of carbonyl (C=O) groups is 2. The van der Waals surface area contributed by atoms with Crippen molar-refractivity contribution in [1.82, 2.24) is 10.6 Å². The standard InChI is InChI=1S/C16H21N3O2/c1-2-11-18-15(20)9-12-19-16(21)14-7-5-13(6-8-14)4-3-10-17/h5-8H,2,9-12,17H2,1H3,(H,18,20)(H,19,21). The maximum Gasteiger partial charge on any atom is 0.251 e. The van der Waals surface area contributed by atoms with Crippen molar-refractivity contribution in [3.05, 3.63) is 35.4 Å². The van der Waals surface area contributed by atoms with Crippen LogP contribution in [-0.2, 0) is 4.79 Å². The van der Waals surface area contributed by atoms with Gasteiger partial charge in [-0.05, 0) is 30.7 Å². The summed E-state index contributed by atoms with van der Waals surface area (Å²) in [6.07, 6.45) is 1.18. The molecule has 0 atom stereocenters. The highest BCUT2D eigenvalue weighted by atomic mass is 16.2. The lowest BCUT2D eigenvalue weighted by Gasteiger charge is -2.06. The minimum atomic E-state index is -0.198. The van der Waals surface area contributed by atoms with E-state index in [1.807, 2.05) is 6.92 Å². The molecule has 5 nitrogen and oxygen atoms in total. The van der Waals surface area contributed by atoms with Crippen molar-refractivity contribution in [2.24, 2.45) is 5.73 Å². The van der Waals surface area contributed by atoms with Crippen molar-refractivity contribution in [2.75, 3.05) is 19.6 Å². The largest absolute Gasteiger partial charge is 0.356 e. The van der Waals surface area contributed by atoms with Gasteiger partial charge in [0, 0.05) is 30.6 Å². The first-order valence-corrected chi connectivity index (χ1v) is 7.01. The Labute approximate surface area is 125 Å². The molecule has 0 aliphatic heterocycles. The number of nitrogens with one attached hydrogen (secondary N) is 2. The SMILES string of the molecule is CCCNC(=O)CCNC(=O)c1ccc(C#CCN)cc1. The maximum absolute atomic E-state index is 11.9. The normalized spacial score (nSPS) is 9.43. The second-order valence-corrected chi connectivity index (χ2v) is 4.44. The summed E-state index contributed by atoms with van der Waals surface area (Å²) >= 11 is 0. The molecule has 0 radical (unpaired) electrons. The first kappa shape index (κ1) is 16.7. The van der Waals surface area contributed by atoms with Gasteiger partial charge >= 0.3 is 0 Å². The van der Waals surface area contributed by atoms with Crippen LogP contribution in [0.5, 0.6) is 0 Å². The smallest absolute Gasteiger partial charge is 0.251 e. The number of amides is 2. The fraction of sp³-hybridized carbons (Fsp3) is 0.375. The molecule has 0 spiro atoms. The van der Waals surface area contributed by atoms with Crippen molar-refractivity contribution in [1.29, 1.82) is 0 Å². The van der Waals surface area contributed by atoms with Gasteiger partial charge in [-0.2, -0.15) is 0 Å². The molecule has 0 unspecified atom stereocenters. The number of hydrogen-bond donors (Lipinski definition) is 3. The molecule has 5 heteroatoms. The fourth-order valence-corrected chi connectivity index (χ4v) is 1.60. The van der Waals surface area contributed by atoms with Gasteiger partial charge in [-0.15, -0.1) is 0 Å². The van der Waals surface area contributed by atoms with Gasteiger partial charge in [0.1, 0.15) is 0 Å². The number of benzene rings is 1. The van der Waals surface area contributed by atoms with Gasteiger partial charge < -0.3 is 16.4 Å². The second-order valence-electron chi connectivity index (χ2n) is 4.44. The van der Waals surface area contributed by atoms with Crippen LogP contribution in [0.2, 0.25) is 0 Å². The van der Waals surface area contributed by atoms with Crippen LogP contribution < -0.4 is 16.4 Å². The summed E-state index contributed by atoms with van der Waals surface area (Å²) in [4.78, 5) is 23.2. The van der Waals surface area contributed by atoms with Gasteiger partial charge in [-0.25, -0.2) is 0 Å². The summed E-state index contributed by atoms with van der Waals surface area (Å²) in [5.41, 5.74) is 6.65. The van der Waals surface area contributed by atoms with E-state index in [9.17, 15) is 9.59 Å². The van der Waals surface area contributed by atoms with E-state index in [-0.39, 0.29) is 18.2 Å². The van der Waals surface area contributed by atoms with E-state index in [4.69, 9.17) is 5.73 Å². The topological polar surface area (TPSA) is 84.2 Å². The van der Waals surface area contributed by atoms with Crippen LogP contribution in [0.1, 0.15) is 35.7 Å². The first-order valence-electron chi connectivity index (χ1n) is 7.01. The van der Waals surface area contributed by atoms with Gasteiger partial charge in [0.15, 0.2) is 0 Å². The minimum Gasteiger partial charge on any atom is -0.356 e. The lowest BCUT2D eigenvalue weighted by molar-refractivity contribution is -0.120. The van der Waals surface area contributed by atoms with Crippen LogP contribution in [0, 0.1) is 11.8 Å². The van der Waals surface area contributed by atoms with Crippen molar-refractivity contribution >= 4 is 11.8 Å². The Bertz CT molecular complexity index is 527. The molecule has 0 saturated carbocycles. The van der Waals surface area contributed by atoms with E-state index in [0.29, 0.717) is 25.2 Å². The Kier molecular flexibility index (Phi) is 7.62. The van der Waals surface area contributed by atoms with Crippen molar-refractivity contribution in [3.63, 3.8) is 0 Å². The molecule has 1 aromatic rings. The third-order valence-electron chi connectivity index (χ3n) is 2.69. The Morgan fingerprint density at radius 1 is 1.14 bits per heavy atom. The Balaban J connectivity index is 2.40. The molecule has 0 aromatic heterocycles. The van der Waals surface area contributed by atoms with E-state index >= 15 is 0 Å². The summed E-state index contributed by atoms with van der Waals surface area (Å²) in [6.45, 7) is 3.28. The molecule has 0 bridgehead atoms. The maximum atomic E-state index is 11.9. The summed E-state index contributed by atoms with van der Waals surface area (Å²) in [5.74, 6) is 5.39. The Morgan fingerprint density at radius 3 is 2.48 bits per heavy atom. The molecular weight excluding hydrogens is 266 g/mol. The molecule has 0 fully saturated rings. The van der Waals surface area contributed by atoms with Gasteiger partial charge in [-0.1, -0.05) is 18.8 Å². The molecule has 0 aliphatic rings. The van der Waals surface area contributed by atoms with E-state index in [1.165, 1.54) is 0 Å². The molecule has 0 heterocycles. The van der Waals surface area contributed by atoms with Gasteiger partial charge in [0.2, 0.25) is 5.91 Å². The summed E-state index contributed by atoms with van der Waals surface area (Å²) in [6, 6.07) is 6.94. The molecule has 4 N–H and O–H groups in total. The van der Waals surface area contributed by atoms with Crippen LogP contribution in [0.15, 0.2) is 24.3 Å². The molecule has 0 aliphatic carbocycles. The molecule has 2 amide bonds. The molecule has 112 valence electrons. The predicted molar refractivity (Wildman–Crippen MR) is 82.6 cm³/mol. The number of hydrogen-bond acceptors (Lipinski definition) is 3. The van der Waals surface area contributed by atoms with Crippen LogP contribution >= 0.6 is 0 Å². The van der Waals surface area contributed by atoms with E-state index < -0.39 is 0 Å². The highest BCUT2D eigenvalue weighted by Crippen LogP contribution is 2.03.